The second kappa shape index (κ2) is 5.16. The van der Waals surface area contributed by atoms with Gasteiger partial charge in [-0.1, -0.05) is 53.8 Å². The Labute approximate surface area is 114 Å². The van der Waals surface area contributed by atoms with Crippen molar-refractivity contribution in [1.29, 1.82) is 0 Å². The first-order chi connectivity index (χ1) is 9.34. The topological polar surface area (TPSA) is 0 Å². The van der Waals surface area contributed by atoms with Gasteiger partial charge < -0.3 is 0 Å². The lowest BCUT2D eigenvalue weighted by atomic mass is 10.00. The van der Waals surface area contributed by atoms with Gasteiger partial charge in [0.1, 0.15) is 0 Å². The summed E-state index contributed by atoms with van der Waals surface area (Å²) in [5.74, 6) is 6.55. The molecule has 0 spiro atoms. The molecule has 1 saturated carbocycles. The molecule has 92 valence electrons. The summed E-state index contributed by atoms with van der Waals surface area (Å²) in [7, 11) is 0. The maximum absolute atomic E-state index is 3.31. The molecule has 0 aromatic heterocycles. The summed E-state index contributed by atoms with van der Waals surface area (Å²) in [5.41, 5.74) is 6.47. The second-order valence-electron chi connectivity index (χ2n) is 4.89. The summed E-state index contributed by atoms with van der Waals surface area (Å²) in [4.78, 5) is 0. The Morgan fingerprint density at radius 3 is 2.26 bits per heavy atom. The van der Waals surface area contributed by atoms with Gasteiger partial charge in [-0.2, -0.15) is 0 Å². The van der Waals surface area contributed by atoms with Gasteiger partial charge in [-0.05, 0) is 49.1 Å². The summed E-state index contributed by atoms with van der Waals surface area (Å²) in [6.45, 7) is 2.21. The maximum Gasteiger partial charge on any atom is 0.0324 e. The number of hydrogen-bond donors (Lipinski definition) is 0. The molecule has 0 amide bonds. The van der Waals surface area contributed by atoms with Gasteiger partial charge in [0.25, 0.3) is 0 Å². The van der Waals surface area contributed by atoms with Gasteiger partial charge in [-0.25, -0.2) is 0 Å². The number of hydrogen-bond acceptors (Lipinski definition) is 0. The minimum atomic E-state index is 1.06. The van der Waals surface area contributed by atoms with Gasteiger partial charge in [-0.3, -0.25) is 0 Å². The molecule has 0 heteroatoms. The van der Waals surface area contributed by atoms with Crippen LogP contribution in [-0.4, -0.2) is 0 Å². The average molecular weight is 244 g/mol. The van der Waals surface area contributed by atoms with E-state index in [0.29, 0.717) is 0 Å². The van der Waals surface area contributed by atoms with E-state index >= 15 is 0 Å². The quantitative estimate of drug-likeness (QED) is 0.640. The fourth-order valence-corrected chi connectivity index (χ4v) is 2.21. The van der Waals surface area contributed by atoms with Gasteiger partial charge >= 0.3 is 0 Å². The highest BCUT2D eigenvalue weighted by Gasteiger charge is 2.16. The summed E-state index contributed by atoms with van der Waals surface area (Å²) >= 11 is 0. The highest BCUT2D eigenvalue weighted by atomic mass is 14.2. The van der Waals surface area contributed by atoms with E-state index in [1.165, 1.54) is 24.0 Å². The van der Waals surface area contributed by atoms with Crippen molar-refractivity contribution in [3.63, 3.8) is 0 Å². The predicted molar refractivity (Wildman–Crippen MR) is 80.7 cm³/mol. The van der Waals surface area contributed by atoms with Crippen molar-refractivity contribution in [3.8, 4) is 11.8 Å². The molecule has 0 N–H and O–H groups in total. The monoisotopic (exact) mass is 244 g/mol. The Bertz CT molecular complexity index is 673. The number of allylic oxidation sites excluding steroid dienone is 2. The van der Waals surface area contributed by atoms with E-state index < -0.39 is 0 Å². The molecule has 0 saturated heterocycles. The predicted octanol–water partition coefficient (Wildman–Crippen LogP) is 4.65. The van der Waals surface area contributed by atoms with Crippen LogP contribution in [0.1, 0.15) is 36.5 Å². The van der Waals surface area contributed by atoms with Crippen molar-refractivity contribution >= 4 is 5.57 Å². The van der Waals surface area contributed by atoms with Crippen molar-refractivity contribution in [3.05, 3.63) is 76.9 Å². The van der Waals surface area contributed by atoms with E-state index in [9.17, 15) is 0 Å². The maximum atomic E-state index is 3.31. The van der Waals surface area contributed by atoms with E-state index in [0.717, 1.165) is 11.1 Å². The number of benzene rings is 2. The van der Waals surface area contributed by atoms with Crippen molar-refractivity contribution in [2.75, 3.05) is 0 Å². The summed E-state index contributed by atoms with van der Waals surface area (Å²) in [5, 5.41) is 0. The lowest BCUT2D eigenvalue weighted by molar-refractivity contribution is 1.50. The first-order valence-corrected chi connectivity index (χ1v) is 6.70. The third-order valence-electron chi connectivity index (χ3n) is 3.48. The van der Waals surface area contributed by atoms with Gasteiger partial charge in [0.2, 0.25) is 0 Å². The minimum absolute atomic E-state index is 1.06. The molecule has 0 atom stereocenters. The first-order valence-electron chi connectivity index (χ1n) is 6.70. The van der Waals surface area contributed by atoms with Crippen molar-refractivity contribution in [2.24, 2.45) is 0 Å². The molecule has 1 aliphatic rings. The molecule has 1 aliphatic carbocycles. The fraction of sp³-hybridized carbons (Fsp3) is 0.158. The van der Waals surface area contributed by atoms with Crippen LogP contribution in [0.4, 0.5) is 0 Å². The molecular formula is C19H16. The van der Waals surface area contributed by atoms with Crippen molar-refractivity contribution in [1.82, 2.24) is 0 Å². The Balaban J connectivity index is 1.98. The molecule has 0 nitrogen and oxygen atoms in total. The third-order valence-corrected chi connectivity index (χ3v) is 3.48. The molecule has 0 bridgehead atoms. The SMILES string of the molecule is CC(=C1CC1)c1ccccc1C#Cc1ccccc1. The lowest BCUT2D eigenvalue weighted by Gasteiger charge is -2.04. The standard InChI is InChI=1S/C19H16/c1-15(17-13-14-17)19-10-6-5-9-18(19)12-11-16-7-3-2-4-8-16/h2-10H,13-14H2,1H3. The summed E-state index contributed by atoms with van der Waals surface area (Å²) in [6.07, 6.45) is 2.51. The van der Waals surface area contributed by atoms with Crippen LogP contribution in [0.3, 0.4) is 0 Å². The zero-order valence-corrected chi connectivity index (χ0v) is 11.1. The van der Waals surface area contributed by atoms with E-state index in [-0.39, 0.29) is 0 Å². The molecule has 2 aromatic rings. The normalized spacial score (nSPS) is 12.6. The van der Waals surface area contributed by atoms with Crippen LogP contribution in [0.2, 0.25) is 0 Å². The minimum Gasteiger partial charge on any atom is -0.0660 e. The smallest absolute Gasteiger partial charge is 0.0324 e. The highest BCUT2D eigenvalue weighted by Crippen LogP contribution is 2.36. The van der Waals surface area contributed by atoms with Gasteiger partial charge in [0.15, 0.2) is 0 Å². The van der Waals surface area contributed by atoms with Crippen LogP contribution in [0.5, 0.6) is 0 Å². The zero-order chi connectivity index (χ0) is 13.1. The Morgan fingerprint density at radius 1 is 0.842 bits per heavy atom. The van der Waals surface area contributed by atoms with E-state index in [2.05, 4.69) is 43.0 Å². The molecular weight excluding hydrogens is 228 g/mol. The summed E-state index contributed by atoms with van der Waals surface area (Å²) < 4.78 is 0. The van der Waals surface area contributed by atoms with Crippen LogP contribution < -0.4 is 0 Å². The highest BCUT2D eigenvalue weighted by molar-refractivity contribution is 5.74. The van der Waals surface area contributed by atoms with E-state index in [1.54, 1.807) is 5.57 Å². The Morgan fingerprint density at radius 2 is 1.53 bits per heavy atom. The van der Waals surface area contributed by atoms with Gasteiger partial charge in [-0.15, -0.1) is 0 Å². The molecule has 19 heavy (non-hydrogen) atoms. The Kier molecular flexibility index (Phi) is 3.21. The lowest BCUT2D eigenvalue weighted by Crippen LogP contribution is -1.86. The van der Waals surface area contributed by atoms with Crippen LogP contribution in [0.15, 0.2) is 60.2 Å². The molecule has 0 heterocycles. The molecule has 3 rings (SSSR count). The van der Waals surface area contributed by atoms with Crippen molar-refractivity contribution < 1.29 is 0 Å². The molecule has 1 fully saturated rings. The summed E-state index contributed by atoms with van der Waals surface area (Å²) in [6, 6.07) is 18.6. The second-order valence-corrected chi connectivity index (χ2v) is 4.89. The molecule has 0 unspecified atom stereocenters. The van der Waals surface area contributed by atoms with E-state index in [4.69, 9.17) is 0 Å². The van der Waals surface area contributed by atoms with Crippen LogP contribution in [0, 0.1) is 11.8 Å². The van der Waals surface area contributed by atoms with Crippen LogP contribution >= 0.6 is 0 Å². The average Bonchev–Trinajstić information content (AvgIpc) is 3.30. The van der Waals surface area contributed by atoms with Gasteiger partial charge in [0.05, 0.1) is 0 Å². The molecule has 0 aliphatic heterocycles. The zero-order valence-electron chi connectivity index (χ0n) is 11.1. The van der Waals surface area contributed by atoms with E-state index in [1.807, 2.05) is 30.3 Å². The van der Waals surface area contributed by atoms with Crippen molar-refractivity contribution in [2.45, 2.75) is 19.8 Å². The first kappa shape index (κ1) is 11.8. The van der Waals surface area contributed by atoms with Crippen LogP contribution in [0.25, 0.3) is 5.57 Å². The molecule has 0 radical (unpaired) electrons. The number of rotatable bonds is 1. The largest absolute Gasteiger partial charge is 0.0660 e. The Hall–Kier alpha value is -2.26. The van der Waals surface area contributed by atoms with Crippen LogP contribution in [-0.2, 0) is 0 Å². The molecule has 2 aromatic carbocycles. The fourth-order valence-electron chi connectivity index (χ4n) is 2.21. The third kappa shape index (κ3) is 2.77. The van der Waals surface area contributed by atoms with Gasteiger partial charge in [0, 0.05) is 11.1 Å².